The van der Waals surface area contributed by atoms with Gasteiger partial charge >= 0.3 is 5.97 Å². The van der Waals surface area contributed by atoms with Gasteiger partial charge in [-0.3, -0.25) is 4.79 Å². The minimum absolute atomic E-state index is 0.0780. The molecule has 0 amide bonds. The third kappa shape index (κ3) is 3.43. The molecule has 0 saturated heterocycles. The lowest BCUT2D eigenvalue weighted by molar-refractivity contribution is 0.0739. The molecule has 0 aliphatic rings. The SMILES string of the molecule is CC(=O)c1ccc(C(=O)Oc2ccc(Br)cc2Cl)s1. The third-order valence-corrected chi connectivity index (χ3v) is 4.21. The van der Waals surface area contributed by atoms with Gasteiger partial charge < -0.3 is 4.74 Å². The number of carbonyl (C=O) groups excluding carboxylic acids is 2. The van der Waals surface area contributed by atoms with Crippen molar-refractivity contribution in [3.8, 4) is 5.75 Å². The fourth-order valence-electron chi connectivity index (χ4n) is 1.34. The molecule has 2 rings (SSSR count). The monoisotopic (exact) mass is 358 g/mol. The van der Waals surface area contributed by atoms with Gasteiger partial charge in [0.05, 0.1) is 9.90 Å². The Morgan fingerprint density at radius 2 is 1.89 bits per heavy atom. The van der Waals surface area contributed by atoms with E-state index >= 15 is 0 Å². The summed E-state index contributed by atoms with van der Waals surface area (Å²) in [6.45, 7) is 1.45. The van der Waals surface area contributed by atoms with Crippen molar-refractivity contribution in [3.63, 3.8) is 0 Å². The number of ketones is 1. The zero-order valence-corrected chi connectivity index (χ0v) is 12.9. The van der Waals surface area contributed by atoms with E-state index in [1.54, 1.807) is 30.3 Å². The van der Waals surface area contributed by atoms with Crippen molar-refractivity contribution in [3.05, 3.63) is 49.6 Å². The van der Waals surface area contributed by atoms with Gasteiger partial charge in [-0.1, -0.05) is 27.5 Å². The third-order valence-electron chi connectivity index (χ3n) is 2.25. The van der Waals surface area contributed by atoms with Crippen LogP contribution in [-0.2, 0) is 0 Å². The van der Waals surface area contributed by atoms with Crippen LogP contribution in [0.5, 0.6) is 5.75 Å². The number of ether oxygens (including phenoxy) is 1. The Morgan fingerprint density at radius 1 is 1.21 bits per heavy atom. The van der Waals surface area contributed by atoms with Crippen molar-refractivity contribution in [1.29, 1.82) is 0 Å². The van der Waals surface area contributed by atoms with Gasteiger partial charge in [-0.15, -0.1) is 11.3 Å². The molecule has 0 spiro atoms. The molecule has 1 aromatic heterocycles. The van der Waals surface area contributed by atoms with Gasteiger partial charge in [-0.2, -0.15) is 0 Å². The normalized spacial score (nSPS) is 10.3. The number of halogens is 2. The summed E-state index contributed by atoms with van der Waals surface area (Å²) in [5, 5.41) is 0.339. The molecule has 0 aliphatic heterocycles. The fourth-order valence-corrected chi connectivity index (χ4v) is 2.83. The standard InChI is InChI=1S/C13H8BrClO3S/c1-7(16)11-4-5-12(19-11)13(17)18-10-3-2-8(14)6-9(10)15/h2-6H,1H3. The minimum atomic E-state index is -0.526. The Balaban J connectivity index is 2.18. The zero-order chi connectivity index (χ0) is 14.0. The van der Waals surface area contributed by atoms with Gasteiger partial charge in [0.1, 0.15) is 10.6 Å². The molecule has 19 heavy (non-hydrogen) atoms. The van der Waals surface area contributed by atoms with Gasteiger partial charge in [0, 0.05) is 4.47 Å². The molecular weight excluding hydrogens is 352 g/mol. The minimum Gasteiger partial charge on any atom is -0.421 e. The number of hydrogen-bond acceptors (Lipinski definition) is 4. The lowest BCUT2D eigenvalue weighted by atomic mass is 10.3. The molecule has 0 saturated carbocycles. The second-order valence-corrected chi connectivity index (χ2v) is 6.09. The Bertz CT molecular complexity index is 651. The smallest absolute Gasteiger partial charge is 0.353 e. The summed E-state index contributed by atoms with van der Waals surface area (Å²) in [5.74, 6) is -0.319. The largest absolute Gasteiger partial charge is 0.421 e. The molecule has 2 aromatic rings. The highest BCUT2D eigenvalue weighted by Gasteiger charge is 2.15. The molecule has 0 aliphatic carbocycles. The molecule has 6 heteroatoms. The Kier molecular flexibility index (Phi) is 4.39. The van der Waals surface area contributed by atoms with E-state index in [9.17, 15) is 9.59 Å². The van der Waals surface area contributed by atoms with Crippen LogP contribution in [0.3, 0.4) is 0 Å². The van der Waals surface area contributed by atoms with Crippen LogP contribution >= 0.6 is 38.9 Å². The molecule has 0 N–H and O–H groups in total. The molecule has 1 aromatic carbocycles. The van der Waals surface area contributed by atoms with Crippen molar-refractivity contribution in [1.82, 2.24) is 0 Å². The molecular formula is C13H8BrClO3S. The molecule has 98 valence electrons. The van der Waals surface area contributed by atoms with Gasteiger partial charge in [0.2, 0.25) is 0 Å². The van der Waals surface area contributed by atoms with Crippen LogP contribution in [0.25, 0.3) is 0 Å². The highest BCUT2D eigenvalue weighted by Crippen LogP contribution is 2.29. The number of hydrogen-bond donors (Lipinski definition) is 0. The summed E-state index contributed by atoms with van der Waals surface area (Å²) in [6.07, 6.45) is 0. The highest BCUT2D eigenvalue weighted by atomic mass is 79.9. The second-order valence-electron chi connectivity index (χ2n) is 3.68. The first-order valence-electron chi connectivity index (χ1n) is 5.25. The average Bonchev–Trinajstić information content (AvgIpc) is 2.82. The van der Waals surface area contributed by atoms with Crippen LogP contribution in [0.2, 0.25) is 5.02 Å². The maximum Gasteiger partial charge on any atom is 0.353 e. The number of carbonyl (C=O) groups is 2. The first-order chi connectivity index (χ1) is 8.97. The van der Waals surface area contributed by atoms with E-state index in [2.05, 4.69) is 15.9 Å². The summed E-state index contributed by atoms with van der Waals surface area (Å²) in [5.41, 5.74) is 0. The topological polar surface area (TPSA) is 43.4 Å². The van der Waals surface area contributed by atoms with Crippen molar-refractivity contribution in [2.45, 2.75) is 6.92 Å². The van der Waals surface area contributed by atoms with Crippen LogP contribution in [0.1, 0.15) is 26.3 Å². The first kappa shape index (κ1) is 14.2. The van der Waals surface area contributed by atoms with Gasteiger partial charge in [0.25, 0.3) is 0 Å². The number of benzene rings is 1. The van der Waals surface area contributed by atoms with Crippen LogP contribution in [0.15, 0.2) is 34.8 Å². The molecule has 0 radical (unpaired) electrons. The Hall–Kier alpha value is -1.17. The molecule has 3 nitrogen and oxygen atoms in total. The van der Waals surface area contributed by atoms with Crippen LogP contribution in [0.4, 0.5) is 0 Å². The van der Waals surface area contributed by atoms with E-state index in [-0.39, 0.29) is 11.5 Å². The Morgan fingerprint density at radius 3 is 2.47 bits per heavy atom. The van der Waals surface area contributed by atoms with Gasteiger partial charge in [-0.05, 0) is 37.3 Å². The molecule has 0 fully saturated rings. The lowest BCUT2D eigenvalue weighted by Crippen LogP contribution is -2.06. The molecule has 0 atom stereocenters. The molecule has 0 unspecified atom stereocenters. The number of esters is 1. The second kappa shape index (κ2) is 5.86. The van der Waals surface area contributed by atoms with Crippen LogP contribution in [0, 0.1) is 0 Å². The maximum atomic E-state index is 11.9. The number of Topliss-reactive ketones (excluding diaryl/α,β-unsaturated/α-hetero) is 1. The average molecular weight is 360 g/mol. The molecule has 0 bridgehead atoms. The lowest BCUT2D eigenvalue weighted by Gasteiger charge is -2.04. The summed E-state index contributed by atoms with van der Waals surface area (Å²) in [4.78, 5) is 23.9. The predicted octanol–water partition coefficient (Wildman–Crippen LogP) is 4.59. The maximum absolute atomic E-state index is 11.9. The van der Waals surface area contributed by atoms with Crippen molar-refractivity contribution in [2.75, 3.05) is 0 Å². The summed E-state index contributed by atoms with van der Waals surface area (Å²) >= 11 is 10.3. The number of rotatable bonds is 3. The summed E-state index contributed by atoms with van der Waals surface area (Å²) in [6, 6.07) is 8.14. The van der Waals surface area contributed by atoms with E-state index in [1.165, 1.54) is 6.92 Å². The van der Waals surface area contributed by atoms with Crippen molar-refractivity contribution >= 4 is 50.6 Å². The summed E-state index contributed by atoms with van der Waals surface area (Å²) < 4.78 is 5.99. The quantitative estimate of drug-likeness (QED) is 0.457. The highest BCUT2D eigenvalue weighted by molar-refractivity contribution is 9.10. The van der Waals surface area contributed by atoms with E-state index in [0.29, 0.717) is 14.8 Å². The van der Waals surface area contributed by atoms with E-state index in [1.807, 2.05) is 0 Å². The van der Waals surface area contributed by atoms with Crippen molar-refractivity contribution in [2.24, 2.45) is 0 Å². The predicted molar refractivity (Wildman–Crippen MR) is 78.4 cm³/mol. The van der Waals surface area contributed by atoms with Crippen molar-refractivity contribution < 1.29 is 14.3 Å². The van der Waals surface area contributed by atoms with E-state index in [4.69, 9.17) is 16.3 Å². The number of thiophene rings is 1. The fraction of sp³-hybridized carbons (Fsp3) is 0.0769. The first-order valence-corrected chi connectivity index (χ1v) is 7.24. The summed E-state index contributed by atoms with van der Waals surface area (Å²) in [7, 11) is 0. The molecule has 1 heterocycles. The van der Waals surface area contributed by atoms with Gasteiger partial charge in [-0.25, -0.2) is 4.79 Å². The van der Waals surface area contributed by atoms with E-state index < -0.39 is 5.97 Å². The van der Waals surface area contributed by atoms with Crippen LogP contribution in [-0.4, -0.2) is 11.8 Å². The zero-order valence-electron chi connectivity index (χ0n) is 9.78. The Labute approximate surface area is 127 Å². The van der Waals surface area contributed by atoms with E-state index in [0.717, 1.165) is 15.8 Å². The van der Waals surface area contributed by atoms with Crippen LogP contribution < -0.4 is 4.74 Å². The van der Waals surface area contributed by atoms with Gasteiger partial charge in [0.15, 0.2) is 5.78 Å².